The van der Waals surface area contributed by atoms with Crippen LogP contribution in [0.25, 0.3) is 5.69 Å². The van der Waals surface area contributed by atoms with E-state index in [0.717, 1.165) is 5.56 Å². The van der Waals surface area contributed by atoms with Crippen molar-refractivity contribution in [1.29, 1.82) is 0 Å². The molecule has 0 radical (unpaired) electrons. The first-order chi connectivity index (χ1) is 16.3. The number of carbonyl (C=O) groups excluding carboxylic acids is 2. The Morgan fingerprint density at radius 3 is 2.38 bits per heavy atom. The van der Waals surface area contributed by atoms with Crippen LogP contribution in [-0.2, 0) is 0 Å². The third-order valence-corrected chi connectivity index (χ3v) is 5.52. The van der Waals surface area contributed by atoms with Crippen LogP contribution in [0.1, 0.15) is 45.1 Å². The number of halogens is 2. The average Bonchev–Trinajstić information content (AvgIpc) is 3.21. The number of hydrogen-bond acceptors (Lipinski definition) is 4. The second-order valence-electron chi connectivity index (χ2n) is 7.69. The summed E-state index contributed by atoms with van der Waals surface area (Å²) in [6.45, 7) is 3.61. The number of nitrogens with one attached hydrogen (secondary N) is 2. The Balaban J connectivity index is 1.41. The molecule has 9 heteroatoms. The predicted molar refractivity (Wildman–Crippen MR) is 128 cm³/mol. The highest BCUT2D eigenvalue weighted by atomic mass is 35.5. The van der Waals surface area contributed by atoms with Crippen molar-refractivity contribution in [3.8, 4) is 5.69 Å². The first kappa shape index (κ1) is 23.1. The average molecular weight is 478 g/mol. The van der Waals surface area contributed by atoms with Gasteiger partial charge in [-0.15, -0.1) is 5.10 Å². The van der Waals surface area contributed by atoms with Crippen molar-refractivity contribution in [2.75, 3.05) is 5.32 Å². The minimum absolute atomic E-state index is 0.218. The zero-order chi connectivity index (χ0) is 24.2. The maximum atomic E-state index is 13.0. The number of aromatic nitrogens is 3. The Morgan fingerprint density at radius 2 is 1.71 bits per heavy atom. The predicted octanol–water partition coefficient (Wildman–Crippen LogP) is 5.11. The summed E-state index contributed by atoms with van der Waals surface area (Å²) in [6.07, 6.45) is 0. The normalized spacial score (nSPS) is 11.6. The maximum Gasteiger partial charge on any atom is 0.274 e. The van der Waals surface area contributed by atoms with Crippen molar-refractivity contribution in [2.24, 2.45) is 0 Å². The molecule has 0 aliphatic carbocycles. The lowest BCUT2D eigenvalue weighted by atomic mass is 10.1. The van der Waals surface area contributed by atoms with Crippen LogP contribution in [-0.4, -0.2) is 26.8 Å². The molecule has 172 valence electrons. The second-order valence-corrected chi connectivity index (χ2v) is 8.13. The van der Waals surface area contributed by atoms with Gasteiger partial charge in [0.15, 0.2) is 5.69 Å². The molecule has 1 atom stereocenters. The van der Waals surface area contributed by atoms with Gasteiger partial charge in [-0.1, -0.05) is 35.0 Å². The molecule has 1 heterocycles. The van der Waals surface area contributed by atoms with Crippen LogP contribution in [0.2, 0.25) is 5.02 Å². The highest BCUT2D eigenvalue weighted by Gasteiger charge is 2.20. The number of nitrogens with zero attached hydrogens (tertiary/aromatic N) is 3. The topological polar surface area (TPSA) is 88.9 Å². The lowest BCUT2D eigenvalue weighted by molar-refractivity contribution is 0.0933. The Labute approximate surface area is 200 Å². The van der Waals surface area contributed by atoms with Gasteiger partial charge in [-0.3, -0.25) is 9.59 Å². The Kier molecular flexibility index (Phi) is 6.70. The standard InChI is InChI=1S/C25H21ClFN5O2/c1-15(17-8-12-21(13-9-17)29-24(33)18-6-10-20(27)11-7-18)28-25(34)23-16(2)32(31-30-23)22-5-3-4-19(26)14-22/h3-15H,1-2H3,(H,28,34)(H,29,33). The summed E-state index contributed by atoms with van der Waals surface area (Å²) in [5, 5.41) is 14.4. The van der Waals surface area contributed by atoms with E-state index in [-0.39, 0.29) is 23.6 Å². The molecular formula is C25H21ClFN5O2. The molecule has 2 N–H and O–H groups in total. The summed E-state index contributed by atoms with van der Waals surface area (Å²) in [6, 6.07) is 19.2. The molecule has 0 fully saturated rings. The third kappa shape index (κ3) is 5.13. The van der Waals surface area contributed by atoms with Crippen molar-refractivity contribution in [2.45, 2.75) is 19.9 Å². The minimum atomic E-state index is -0.404. The van der Waals surface area contributed by atoms with Crippen LogP contribution in [0.3, 0.4) is 0 Å². The smallest absolute Gasteiger partial charge is 0.274 e. The van der Waals surface area contributed by atoms with Crippen LogP contribution < -0.4 is 10.6 Å². The van der Waals surface area contributed by atoms with Gasteiger partial charge in [0.25, 0.3) is 11.8 Å². The summed E-state index contributed by atoms with van der Waals surface area (Å²) in [5.41, 5.74) is 3.29. The van der Waals surface area contributed by atoms with Crippen LogP contribution >= 0.6 is 11.6 Å². The van der Waals surface area contributed by atoms with Gasteiger partial charge in [0.05, 0.1) is 17.4 Å². The molecule has 0 aliphatic rings. The van der Waals surface area contributed by atoms with Gasteiger partial charge in [0.1, 0.15) is 5.82 Å². The molecule has 0 saturated carbocycles. The fraction of sp³-hybridized carbons (Fsp3) is 0.120. The Bertz CT molecular complexity index is 1340. The Morgan fingerprint density at radius 1 is 1.00 bits per heavy atom. The summed E-state index contributed by atoms with van der Waals surface area (Å²) < 4.78 is 14.6. The molecule has 0 spiro atoms. The van der Waals surface area contributed by atoms with Crippen LogP contribution in [0.5, 0.6) is 0 Å². The molecule has 4 aromatic rings. The van der Waals surface area contributed by atoms with E-state index in [4.69, 9.17) is 11.6 Å². The molecule has 0 saturated heterocycles. The second kappa shape index (κ2) is 9.84. The van der Waals surface area contributed by atoms with Crippen LogP contribution in [0, 0.1) is 12.7 Å². The largest absolute Gasteiger partial charge is 0.344 e. The molecule has 2 amide bonds. The minimum Gasteiger partial charge on any atom is -0.344 e. The van der Waals surface area contributed by atoms with Gasteiger partial charge in [-0.25, -0.2) is 9.07 Å². The van der Waals surface area contributed by atoms with E-state index in [1.54, 1.807) is 54.1 Å². The number of anilines is 1. The summed E-state index contributed by atoms with van der Waals surface area (Å²) >= 11 is 6.05. The molecule has 7 nitrogen and oxygen atoms in total. The van der Waals surface area contributed by atoms with Gasteiger partial charge in [-0.05, 0) is 74.0 Å². The van der Waals surface area contributed by atoms with Crippen LogP contribution in [0.4, 0.5) is 10.1 Å². The molecular weight excluding hydrogens is 457 g/mol. The first-order valence-corrected chi connectivity index (χ1v) is 10.9. The zero-order valence-electron chi connectivity index (χ0n) is 18.4. The van der Waals surface area contributed by atoms with Crippen LogP contribution in [0.15, 0.2) is 72.8 Å². The first-order valence-electron chi connectivity index (χ1n) is 10.5. The fourth-order valence-corrected chi connectivity index (χ4v) is 3.58. The molecule has 1 unspecified atom stereocenters. The Hall–Kier alpha value is -4.04. The molecule has 1 aromatic heterocycles. The quantitative estimate of drug-likeness (QED) is 0.404. The monoisotopic (exact) mass is 477 g/mol. The van der Waals surface area contributed by atoms with Gasteiger partial charge in [-0.2, -0.15) is 0 Å². The number of benzene rings is 3. The number of hydrogen-bond donors (Lipinski definition) is 2. The van der Waals surface area contributed by atoms with E-state index in [1.807, 2.05) is 13.0 Å². The molecule has 4 rings (SSSR count). The van der Waals surface area contributed by atoms with E-state index in [2.05, 4.69) is 20.9 Å². The summed E-state index contributed by atoms with van der Waals surface area (Å²) in [4.78, 5) is 25.1. The van der Waals surface area contributed by atoms with E-state index in [9.17, 15) is 14.0 Å². The van der Waals surface area contributed by atoms with E-state index < -0.39 is 5.82 Å². The van der Waals surface area contributed by atoms with Crippen molar-refractivity contribution in [3.63, 3.8) is 0 Å². The fourth-order valence-electron chi connectivity index (χ4n) is 3.40. The number of carbonyl (C=O) groups is 2. The maximum absolute atomic E-state index is 13.0. The van der Waals surface area contributed by atoms with E-state index in [0.29, 0.717) is 27.7 Å². The van der Waals surface area contributed by atoms with Gasteiger partial charge >= 0.3 is 0 Å². The highest BCUT2D eigenvalue weighted by molar-refractivity contribution is 6.30. The van der Waals surface area contributed by atoms with Gasteiger partial charge in [0.2, 0.25) is 0 Å². The molecule has 34 heavy (non-hydrogen) atoms. The number of amides is 2. The van der Waals surface area contributed by atoms with E-state index in [1.165, 1.54) is 24.3 Å². The molecule has 0 bridgehead atoms. The third-order valence-electron chi connectivity index (χ3n) is 5.28. The lowest BCUT2D eigenvalue weighted by Gasteiger charge is -2.14. The summed E-state index contributed by atoms with van der Waals surface area (Å²) in [7, 11) is 0. The SMILES string of the molecule is Cc1c(C(=O)NC(C)c2ccc(NC(=O)c3ccc(F)cc3)cc2)nnn1-c1cccc(Cl)c1. The summed E-state index contributed by atoms with van der Waals surface area (Å²) in [5.74, 6) is -1.10. The van der Waals surface area contributed by atoms with Crippen molar-refractivity contribution < 1.29 is 14.0 Å². The highest BCUT2D eigenvalue weighted by Crippen LogP contribution is 2.20. The van der Waals surface area contributed by atoms with Crippen molar-refractivity contribution >= 4 is 29.1 Å². The lowest BCUT2D eigenvalue weighted by Crippen LogP contribution is -2.27. The van der Waals surface area contributed by atoms with Gasteiger partial charge < -0.3 is 10.6 Å². The number of rotatable bonds is 6. The van der Waals surface area contributed by atoms with Crippen molar-refractivity contribution in [1.82, 2.24) is 20.3 Å². The van der Waals surface area contributed by atoms with Crippen molar-refractivity contribution in [3.05, 3.63) is 106 Å². The van der Waals surface area contributed by atoms with E-state index >= 15 is 0 Å². The molecule has 3 aromatic carbocycles. The molecule has 0 aliphatic heterocycles. The van der Waals surface area contributed by atoms with Gasteiger partial charge in [0, 0.05) is 16.3 Å². The zero-order valence-corrected chi connectivity index (χ0v) is 19.2.